The molecule has 192 valence electrons. The Morgan fingerprint density at radius 3 is 2.59 bits per heavy atom. The Kier molecular flexibility index (Phi) is 6.81. The highest BCUT2D eigenvalue weighted by atomic mass is 35.5. The van der Waals surface area contributed by atoms with Crippen LogP contribution in [0.1, 0.15) is 41.6 Å². The zero-order valence-corrected chi connectivity index (χ0v) is 20.7. The van der Waals surface area contributed by atoms with Gasteiger partial charge in [0.05, 0.1) is 24.0 Å². The minimum atomic E-state index is -4.30. The van der Waals surface area contributed by atoms with Crippen LogP contribution >= 0.6 is 11.6 Å². The van der Waals surface area contributed by atoms with E-state index in [9.17, 15) is 18.0 Å². The van der Waals surface area contributed by atoms with Crippen molar-refractivity contribution in [2.75, 3.05) is 11.9 Å². The van der Waals surface area contributed by atoms with Crippen LogP contribution in [0.15, 0.2) is 54.7 Å². The molecule has 1 N–H and O–H groups in total. The first kappa shape index (κ1) is 25.1. The summed E-state index contributed by atoms with van der Waals surface area (Å²) < 4.78 is 45.7. The molecule has 2 heterocycles. The molecule has 2 aromatic carbocycles. The Balaban J connectivity index is 1.50. The number of nitrogens with zero attached hydrogens (tertiary/aromatic N) is 3. The first-order valence-corrected chi connectivity index (χ1v) is 12.3. The molecule has 0 radical (unpaired) electrons. The van der Waals surface area contributed by atoms with Crippen LogP contribution < -0.4 is 10.1 Å². The van der Waals surface area contributed by atoms with Gasteiger partial charge in [-0.05, 0) is 61.6 Å². The Labute approximate surface area is 216 Å². The molecule has 4 aromatic rings. The maximum Gasteiger partial charge on any atom is 0.390 e. The number of ether oxygens (including phenoxy) is 1. The molecule has 0 spiro atoms. The van der Waals surface area contributed by atoms with Crippen LogP contribution in [0.4, 0.5) is 18.9 Å². The molecule has 37 heavy (non-hydrogen) atoms. The summed E-state index contributed by atoms with van der Waals surface area (Å²) in [5.41, 5.74) is 3.62. The number of benzene rings is 2. The van der Waals surface area contributed by atoms with Gasteiger partial charge in [-0.1, -0.05) is 23.7 Å². The number of imidazole rings is 1. The number of alkyl halides is 3. The van der Waals surface area contributed by atoms with Gasteiger partial charge in [-0.3, -0.25) is 4.79 Å². The third-order valence-corrected chi connectivity index (χ3v) is 6.45. The van der Waals surface area contributed by atoms with Gasteiger partial charge in [0.2, 0.25) is 5.88 Å². The van der Waals surface area contributed by atoms with Gasteiger partial charge in [0.25, 0.3) is 0 Å². The molecule has 1 aliphatic rings. The smallest absolute Gasteiger partial charge is 0.390 e. The number of aryl methyl sites for hydroxylation is 1. The van der Waals surface area contributed by atoms with Crippen LogP contribution in [0.3, 0.4) is 0 Å². The third-order valence-electron chi connectivity index (χ3n) is 6.20. The van der Waals surface area contributed by atoms with E-state index in [1.807, 2.05) is 25.1 Å². The normalized spacial score (nSPS) is 13.6. The summed E-state index contributed by atoms with van der Waals surface area (Å²) in [6.45, 7) is 1.56. The van der Waals surface area contributed by atoms with Crippen molar-refractivity contribution in [3.05, 3.63) is 70.9 Å². The molecule has 6 nitrogen and oxygen atoms in total. The molecule has 5 rings (SSSR count). The number of fused-ring (bicyclic) bond motifs is 1. The second kappa shape index (κ2) is 10.0. The Bertz CT molecular complexity index is 1450. The van der Waals surface area contributed by atoms with Gasteiger partial charge in [0, 0.05) is 35.2 Å². The third kappa shape index (κ3) is 6.05. The highest BCUT2D eigenvalue weighted by Crippen LogP contribution is 2.35. The molecule has 0 unspecified atom stereocenters. The summed E-state index contributed by atoms with van der Waals surface area (Å²) in [5, 5.41) is 7.90. The van der Waals surface area contributed by atoms with Gasteiger partial charge >= 0.3 is 6.18 Å². The molecule has 10 heteroatoms. The topological polar surface area (TPSA) is 68.5 Å². The number of hydrogen-bond donors (Lipinski definition) is 1. The molecule has 2 aromatic heterocycles. The van der Waals surface area contributed by atoms with Crippen LogP contribution in [-0.2, 0) is 0 Å². The van der Waals surface area contributed by atoms with Crippen molar-refractivity contribution in [3.8, 4) is 22.9 Å². The lowest BCUT2D eigenvalue weighted by atomic mass is 9.98. The van der Waals surface area contributed by atoms with Gasteiger partial charge in [-0.15, -0.1) is 5.10 Å². The Hall–Kier alpha value is -3.59. The van der Waals surface area contributed by atoms with E-state index in [-0.39, 0.29) is 18.2 Å². The minimum absolute atomic E-state index is 0.137. The fraction of sp³-hybridized carbons (Fsp3) is 0.296. The summed E-state index contributed by atoms with van der Waals surface area (Å²) in [5.74, 6) is 1.26. The number of hydrogen-bond acceptors (Lipinski definition) is 5. The van der Waals surface area contributed by atoms with Crippen LogP contribution in [-0.4, -0.2) is 33.1 Å². The lowest BCUT2D eigenvalue weighted by Crippen LogP contribution is -2.15. The number of halogens is 4. The van der Waals surface area contributed by atoms with E-state index in [0.717, 1.165) is 24.0 Å². The number of aromatic nitrogens is 3. The molecule has 0 atom stereocenters. The molecule has 1 saturated carbocycles. The maximum absolute atomic E-state index is 12.8. The summed E-state index contributed by atoms with van der Waals surface area (Å²) in [4.78, 5) is 17.1. The van der Waals surface area contributed by atoms with Gasteiger partial charge < -0.3 is 10.1 Å². The van der Waals surface area contributed by atoms with Crippen LogP contribution in [0.25, 0.3) is 16.9 Å². The molecule has 0 amide bonds. The quantitative estimate of drug-likeness (QED) is 0.228. The van der Waals surface area contributed by atoms with Crippen molar-refractivity contribution >= 4 is 28.7 Å². The first-order valence-electron chi connectivity index (χ1n) is 11.9. The van der Waals surface area contributed by atoms with Crippen molar-refractivity contribution in [3.63, 3.8) is 0 Å². The summed E-state index contributed by atoms with van der Waals surface area (Å²) in [6, 6.07) is 13.7. The van der Waals surface area contributed by atoms with Crippen LogP contribution in [0.5, 0.6) is 11.6 Å². The van der Waals surface area contributed by atoms with Gasteiger partial charge in [-0.2, -0.15) is 13.2 Å². The van der Waals surface area contributed by atoms with E-state index < -0.39 is 12.6 Å². The number of Topliss-reactive ketones (excluding diaryl/α,β-unsaturated/α-hetero) is 1. The molecule has 1 aliphatic carbocycles. The van der Waals surface area contributed by atoms with E-state index in [1.54, 1.807) is 30.5 Å². The highest BCUT2D eigenvalue weighted by molar-refractivity contribution is 6.30. The monoisotopic (exact) mass is 528 g/mol. The fourth-order valence-corrected chi connectivity index (χ4v) is 4.24. The van der Waals surface area contributed by atoms with Crippen molar-refractivity contribution in [2.45, 2.75) is 38.8 Å². The Morgan fingerprint density at radius 2 is 1.92 bits per heavy atom. The molecular weight excluding hydrogens is 505 g/mol. The highest BCUT2D eigenvalue weighted by Gasteiger charge is 2.27. The van der Waals surface area contributed by atoms with Gasteiger partial charge in [-0.25, -0.2) is 9.50 Å². The van der Waals surface area contributed by atoms with E-state index in [0.29, 0.717) is 45.7 Å². The van der Waals surface area contributed by atoms with E-state index in [2.05, 4.69) is 15.4 Å². The minimum Gasteiger partial charge on any atom is -0.438 e. The second-order valence-electron chi connectivity index (χ2n) is 9.22. The van der Waals surface area contributed by atoms with Crippen molar-refractivity contribution in [2.24, 2.45) is 5.92 Å². The number of carbonyl (C=O) groups excluding carboxylic acids is 1. The maximum atomic E-state index is 12.8. The number of ketones is 1. The van der Waals surface area contributed by atoms with E-state index >= 15 is 0 Å². The molecule has 0 saturated heterocycles. The zero-order valence-electron chi connectivity index (χ0n) is 20.0. The molecule has 0 aliphatic heterocycles. The number of carbonyl (C=O) groups is 1. The number of nitrogens with one attached hydrogen (secondary N) is 1. The predicted molar refractivity (Wildman–Crippen MR) is 136 cm³/mol. The molecule has 1 fully saturated rings. The van der Waals surface area contributed by atoms with E-state index in [4.69, 9.17) is 16.3 Å². The fourth-order valence-electron chi connectivity index (χ4n) is 4.12. The molecule has 0 bridgehead atoms. The lowest BCUT2D eigenvalue weighted by Gasteiger charge is -2.13. The van der Waals surface area contributed by atoms with E-state index in [1.165, 1.54) is 10.6 Å². The predicted octanol–water partition coefficient (Wildman–Crippen LogP) is 7.50. The van der Waals surface area contributed by atoms with Crippen LogP contribution in [0, 0.1) is 12.8 Å². The standard InChI is InChI=1S/C27H24ClF3N4O2/c1-16-12-18(4-9-21(16)24(36)13-17-2-3-17)23-15-33-26-22(32-11-10-27(29,30)31)14-25(34-35(23)26)37-20-7-5-19(28)6-8-20/h4-9,12,14-15,17,32H,2-3,10-11,13H2,1H3. The zero-order chi connectivity index (χ0) is 26.2. The lowest BCUT2D eigenvalue weighted by molar-refractivity contribution is -0.131. The summed E-state index contributed by atoms with van der Waals surface area (Å²) in [6.07, 6.45) is -0.917. The van der Waals surface area contributed by atoms with Gasteiger partial charge in [0.15, 0.2) is 11.4 Å². The number of rotatable bonds is 9. The van der Waals surface area contributed by atoms with Crippen molar-refractivity contribution in [1.82, 2.24) is 14.6 Å². The van der Waals surface area contributed by atoms with Crippen LogP contribution in [0.2, 0.25) is 5.02 Å². The largest absolute Gasteiger partial charge is 0.438 e. The van der Waals surface area contributed by atoms with Crippen molar-refractivity contribution < 1.29 is 22.7 Å². The Morgan fingerprint density at radius 1 is 1.16 bits per heavy atom. The summed E-state index contributed by atoms with van der Waals surface area (Å²) >= 11 is 5.95. The number of anilines is 1. The molecular formula is C27H24ClF3N4O2. The SMILES string of the molecule is Cc1cc(-c2cnc3c(NCCC(F)(F)F)cc(Oc4ccc(Cl)cc4)nn23)ccc1C(=O)CC1CC1. The van der Waals surface area contributed by atoms with Crippen molar-refractivity contribution in [1.29, 1.82) is 0 Å². The average Bonchev–Trinajstić information content (AvgIpc) is 3.54. The second-order valence-corrected chi connectivity index (χ2v) is 9.66. The first-order chi connectivity index (χ1) is 17.7. The summed E-state index contributed by atoms with van der Waals surface area (Å²) in [7, 11) is 0. The van der Waals surface area contributed by atoms with Gasteiger partial charge in [0.1, 0.15) is 5.75 Å². The average molecular weight is 529 g/mol.